The molecule has 98 valence electrons. The van der Waals surface area contributed by atoms with E-state index < -0.39 is 0 Å². The molecular formula is C15H22N2O. The fourth-order valence-electron chi connectivity index (χ4n) is 4.67. The number of likely N-dealkylation sites (N-methyl/N-ethyl adjacent to an activating group) is 1. The molecule has 0 spiro atoms. The Bertz CT molecular complexity index is 425. The van der Waals surface area contributed by atoms with Gasteiger partial charge in [-0.1, -0.05) is 6.92 Å². The van der Waals surface area contributed by atoms with Crippen molar-refractivity contribution in [3.05, 3.63) is 17.8 Å². The Balaban J connectivity index is 1.41. The van der Waals surface area contributed by atoms with Crippen molar-refractivity contribution in [3.8, 4) is 0 Å². The van der Waals surface area contributed by atoms with Gasteiger partial charge in [0, 0.05) is 18.9 Å². The molecule has 3 saturated carbocycles. The Morgan fingerprint density at radius 1 is 1.33 bits per heavy atom. The van der Waals surface area contributed by atoms with Gasteiger partial charge < -0.3 is 9.73 Å². The molecule has 4 atom stereocenters. The average molecular weight is 246 g/mol. The molecule has 4 rings (SSSR count). The molecule has 1 N–H and O–H groups in total. The SMILES string of the molecule is CCNCCc1ncc(C2C3C4CCC(C4)C23)o1. The van der Waals surface area contributed by atoms with Gasteiger partial charge in [-0.2, -0.15) is 0 Å². The summed E-state index contributed by atoms with van der Waals surface area (Å²) in [6.07, 6.45) is 7.38. The first kappa shape index (κ1) is 11.0. The lowest BCUT2D eigenvalue weighted by Gasteiger charge is -2.05. The van der Waals surface area contributed by atoms with Gasteiger partial charge in [0.05, 0.1) is 6.20 Å². The van der Waals surface area contributed by atoms with Crippen molar-refractivity contribution in [1.82, 2.24) is 10.3 Å². The van der Waals surface area contributed by atoms with Gasteiger partial charge in [-0.05, 0) is 49.5 Å². The molecule has 0 amide bonds. The third-order valence-corrected chi connectivity index (χ3v) is 5.40. The lowest BCUT2D eigenvalue weighted by molar-refractivity contribution is 0.414. The van der Waals surface area contributed by atoms with Gasteiger partial charge in [0.1, 0.15) is 5.76 Å². The minimum Gasteiger partial charge on any atom is -0.445 e. The summed E-state index contributed by atoms with van der Waals surface area (Å²) in [5.74, 6) is 6.78. The second-order valence-corrected chi connectivity index (χ2v) is 6.27. The Labute approximate surface area is 108 Å². The van der Waals surface area contributed by atoms with Crippen LogP contribution in [0, 0.1) is 23.7 Å². The Kier molecular flexibility index (Phi) is 2.51. The topological polar surface area (TPSA) is 38.1 Å². The zero-order valence-corrected chi connectivity index (χ0v) is 11.1. The maximum absolute atomic E-state index is 5.96. The van der Waals surface area contributed by atoms with Crippen LogP contribution in [-0.2, 0) is 6.42 Å². The minimum absolute atomic E-state index is 0.733. The van der Waals surface area contributed by atoms with Crippen LogP contribution in [0.4, 0.5) is 0 Å². The molecule has 3 aliphatic carbocycles. The van der Waals surface area contributed by atoms with Crippen LogP contribution in [0.2, 0.25) is 0 Å². The van der Waals surface area contributed by atoms with Crippen molar-refractivity contribution in [2.24, 2.45) is 23.7 Å². The lowest BCUT2D eigenvalue weighted by Crippen LogP contribution is -2.16. The van der Waals surface area contributed by atoms with Gasteiger partial charge >= 0.3 is 0 Å². The maximum Gasteiger partial charge on any atom is 0.195 e. The van der Waals surface area contributed by atoms with Crippen LogP contribution in [0.25, 0.3) is 0 Å². The van der Waals surface area contributed by atoms with Gasteiger partial charge in [0.25, 0.3) is 0 Å². The van der Waals surface area contributed by atoms with Crippen LogP contribution < -0.4 is 5.32 Å². The van der Waals surface area contributed by atoms with Crippen molar-refractivity contribution in [3.63, 3.8) is 0 Å². The highest BCUT2D eigenvalue weighted by Gasteiger charge is 2.66. The Morgan fingerprint density at radius 3 is 2.83 bits per heavy atom. The lowest BCUT2D eigenvalue weighted by atomic mass is 10.0. The fraction of sp³-hybridized carbons (Fsp3) is 0.800. The summed E-state index contributed by atoms with van der Waals surface area (Å²) in [5.41, 5.74) is 0. The molecule has 3 heteroatoms. The fourth-order valence-corrected chi connectivity index (χ4v) is 4.67. The summed E-state index contributed by atoms with van der Waals surface area (Å²) < 4.78 is 5.96. The van der Waals surface area contributed by atoms with E-state index in [4.69, 9.17) is 4.42 Å². The highest BCUT2D eigenvalue weighted by Crippen LogP contribution is 2.73. The van der Waals surface area contributed by atoms with Crippen LogP contribution in [0.15, 0.2) is 10.6 Å². The van der Waals surface area contributed by atoms with Crippen LogP contribution in [0.5, 0.6) is 0 Å². The van der Waals surface area contributed by atoms with Crippen molar-refractivity contribution in [2.45, 2.75) is 38.5 Å². The molecule has 3 nitrogen and oxygen atoms in total. The standard InChI is InChI=1S/C15H22N2O/c1-2-16-6-5-12-17-8-11(18-12)15-13-9-3-4-10(7-9)14(13)15/h8-10,13-16H,2-7H2,1H3. The minimum atomic E-state index is 0.733. The average Bonchev–Trinajstić information content (AvgIpc) is 2.77. The molecule has 18 heavy (non-hydrogen) atoms. The second-order valence-electron chi connectivity index (χ2n) is 6.27. The zero-order chi connectivity index (χ0) is 12.1. The quantitative estimate of drug-likeness (QED) is 0.811. The van der Waals surface area contributed by atoms with Gasteiger partial charge in [0.2, 0.25) is 0 Å². The maximum atomic E-state index is 5.96. The van der Waals surface area contributed by atoms with E-state index in [1.807, 2.05) is 6.20 Å². The molecule has 3 aliphatic rings. The monoisotopic (exact) mass is 246 g/mol. The Morgan fingerprint density at radius 2 is 2.11 bits per heavy atom. The van der Waals surface area contributed by atoms with E-state index >= 15 is 0 Å². The van der Waals surface area contributed by atoms with Crippen molar-refractivity contribution >= 4 is 0 Å². The number of fused-ring (bicyclic) bond motifs is 5. The number of hydrogen-bond acceptors (Lipinski definition) is 3. The van der Waals surface area contributed by atoms with E-state index in [1.165, 1.54) is 25.0 Å². The smallest absolute Gasteiger partial charge is 0.195 e. The van der Waals surface area contributed by atoms with Crippen molar-refractivity contribution < 1.29 is 4.42 Å². The van der Waals surface area contributed by atoms with Crippen LogP contribution >= 0.6 is 0 Å². The highest BCUT2D eigenvalue weighted by molar-refractivity contribution is 5.25. The van der Waals surface area contributed by atoms with E-state index in [0.717, 1.165) is 55.0 Å². The first-order valence-electron chi connectivity index (χ1n) is 7.53. The largest absolute Gasteiger partial charge is 0.445 e. The molecule has 0 radical (unpaired) electrons. The summed E-state index contributed by atoms with van der Waals surface area (Å²) in [4.78, 5) is 4.44. The predicted molar refractivity (Wildman–Crippen MR) is 69.3 cm³/mol. The normalized spacial score (nSPS) is 40.2. The molecule has 1 heterocycles. The third-order valence-electron chi connectivity index (χ3n) is 5.40. The van der Waals surface area contributed by atoms with Crippen LogP contribution in [-0.4, -0.2) is 18.1 Å². The predicted octanol–water partition coefficient (Wildman–Crippen LogP) is 2.59. The molecule has 1 aromatic rings. The summed E-state index contributed by atoms with van der Waals surface area (Å²) in [6, 6.07) is 0. The molecule has 3 fully saturated rings. The summed E-state index contributed by atoms with van der Waals surface area (Å²) in [6.45, 7) is 4.12. The Hall–Kier alpha value is -0.830. The number of rotatable bonds is 5. The molecule has 0 aliphatic heterocycles. The second kappa shape index (κ2) is 4.09. The number of nitrogens with zero attached hydrogens (tertiary/aromatic N) is 1. The molecule has 0 aromatic carbocycles. The van der Waals surface area contributed by atoms with Crippen LogP contribution in [0.1, 0.15) is 43.8 Å². The van der Waals surface area contributed by atoms with Crippen molar-refractivity contribution in [1.29, 1.82) is 0 Å². The molecule has 1 aromatic heterocycles. The van der Waals surface area contributed by atoms with Gasteiger partial charge in [-0.15, -0.1) is 0 Å². The van der Waals surface area contributed by atoms with E-state index in [2.05, 4.69) is 17.2 Å². The van der Waals surface area contributed by atoms with E-state index in [0.29, 0.717) is 0 Å². The zero-order valence-electron chi connectivity index (χ0n) is 11.1. The molecule has 0 saturated heterocycles. The third kappa shape index (κ3) is 1.56. The number of hydrogen-bond donors (Lipinski definition) is 1. The number of aromatic nitrogens is 1. The first-order chi connectivity index (χ1) is 8.88. The highest BCUT2D eigenvalue weighted by atomic mass is 16.4. The molecule has 4 unspecified atom stereocenters. The van der Waals surface area contributed by atoms with Crippen LogP contribution in [0.3, 0.4) is 0 Å². The molecular weight excluding hydrogens is 224 g/mol. The van der Waals surface area contributed by atoms with E-state index in [1.54, 1.807) is 0 Å². The summed E-state index contributed by atoms with van der Waals surface area (Å²) in [7, 11) is 0. The summed E-state index contributed by atoms with van der Waals surface area (Å²) >= 11 is 0. The van der Waals surface area contributed by atoms with E-state index in [-0.39, 0.29) is 0 Å². The molecule has 2 bridgehead atoms. The van der Waals surface area contributed by atoms with E-state index in [9.17, 15) is 0 Å². The number of oxazole rings is 1. The van der Waals surface area contributed by atoms with Gasteiger partial charge in [0.15, 0.2) is 5.89 Å². The number of nitrogens with one attached hydrogen (secondary N) is 1. The van der Waals surface area contributed by atoms with Gasteiger partial charge in [-0.3, -0.25) is 0 Å². The van der Waals surface area contributed by atoms with Gasteiger partial charge in [-0.25, -0.2) is 4.98 Å². The summed E-state index contributed by atoms with van der Waals surface area (Å²) in [5, 5.41) is 3.31. The first-order valence-corrected chi connectivity index (χ1v) is 7.53. The van der Waals surface area contributed by atoms with Crippen molar-refractivity contribution in [2.75, 3.05) is 13.1 Å².